The Morgan fingerprint density at radius 3 is 2.15 bits per heavy atom. The molecule has 0 aromatic carbocycles. The molecule has 0 heterocycles. The Kier molecular flexibility index (Phi) is 11.1. The number of carbonyl (C=O) groups is 1. The zero-order chi connectivity index (χ0) is 17.4. The largest absolute Gasteiger partial charge is 0.481 e. The van der Waals surface area contributed by atoms with E-state index in [4.69, 9.17) is 9.22 Å². The predicted molar refractivity (Wildman–Crippen MR) is 87.0 cm³/mol. The maximum Gasteiger partial charge on any atom is 0.303 e. The van der Waals surface area contributed by atoms with E-state index in [2.05, 4.69) is 24.3 Å². The first-order valence-corrected chi connectivity index (χ1v) is 7.93. The molecule has 116 valence electrons. The molecule has 0 saturated carbocycles. The fourth-order valence-corrected chi connectivity index (χ4v) is 1.96. The lowest BCUT2D eigenvalue weighted by Gasteiger charge is -1.98. The number of carboxylic acids is 1. The van der Waals surface area contributed by atoms with E-state index in [1.807, 2.05) is 0 Å². The fraction of sp³-hybridized carbons (Fsp3) is 0.722. The summed E-state index contributed by atoms with van der Waals surface area (Å²) < 4.78 is 21.3. The molecule has 0 aromatic rings. The van der Waals surface area contributed by atoms with E-state index >= 15 is 0 Å². The van der Waals surface area contributed by atoms with Gasteiger partial charge in [-0.15, -0.1) is 0 Å². The summed E-state index contributed by atoms with van der Waals surface area (Å²) in [7, 11) is 0. The third-order valence-corrected chi connectivity index (χ3v) is 3.16. The maximum atomic E-state index is 10.3. The molecule has 0 spiro atoms. The van der Waals surface area contributed by atoms with Crippen LogP contribution < -0.4 is 0 Å². The van der Waals surface area contributed by atoms with E-state index in [1.165, 1.54) is 12.8 Å². The summed E-state index contributed by atoms with van der Waals surface area (Å²) in [5.74, 6) is -0.696. The van der Waals surface area contributed by atoms with Crippen molar-refractivity contribution in [3.05, 3.63) is 24.3 Å². The van der Waals surface area contributed by atoms with Crippen LogP contribution in [-0.4, -0.2) is 11.1 Å². The lowest BCUT2D eigenvalue weighted by atomic mass is 10.1. The van der Waals surface area contributed by atoms with Gasteiger partial charge in [-0.25, -0.2) is 0 Å². The van der Waals surface area contributed by atoms with Crippen molar-refractivity contribution in [1.29, 1.82) is 0 Å². The summed E-state index contributed by atoms with van der Waals surface area (Å²) in [6.07, 6.45) is 19.2. The molecule has 0 unspecified atom stereocenters. The Labute approximate surface area is 129 Å². The normalized spacial score (nSPS) is 14.5. The summed E-state index contributed by atoms with van der Waals surface area (Å²) in [5, 5.41) is 8.51. The second-order valence-electron chi connectivity index (χ2n) is 5.12. The van der Waals surface area contributed by atoms with Crippen molar-refractivity contribution in [1.82, 2.24) is 0 Å². The highest BCUT2D eigenvalue weighted by Gasteiger charge is 1.95. The number of hydrogen-bond acceptors (Lipinski definition) is 1. The van der Waals surface area contributed by atoms with Crippen molar-refractivity contribution in [3.8, 4) is 0 Å². The quantitative estimate of drug-likeness (QED) is 0.319. The highest BCUT2D eigenvalue weighted by molar-refractivity contribution is 5.66. The van der Waals surface area contributed by atoms with Crippen molar-refractivity contribution >= 4 is 5.97 Å². The summed E-state index contributed by atoms with van der Waals surface area (Å²) >= 11 is 0. The molecule has 2 nitrogen and oxygen atoms in total. The van der Waals surface area contributed by atoms with Crippen molar-refractivity contribution in [2.75, 3.05) is 0 Å². The van der Waals surface area contributed by atoms with Crippen LogP contribution in [0.4, 0.5) is 0 Å². The zero-order valence-corrected chi connectivity index (χ0v) is 12.7. The van der Waals surface area contributed by atoms with Crippen LogP contribution in [0.5, 0.6) is 0 Å². The predicted octanol–water partition coefficient (Wildman–Crippen LogP) is 5.88. The third kappa shape index (κ3) is 16.9. The first kappa shape index (κ1) is 13.9. The average molecular weight is 283 g/mol. The van der Waals surface area contributed by atoms with Crippen LogP contribution >= 0.6 is 0 Å². The highest BCUT2D eigenvalue weighted by Crippen LogP contribution is 2.08. The number of hydrogen-bond donors (Lipinski definition) is 1. The van der Waals surface area contributed by atoms with Gasteiger partial charge in [-0.3, -0.25) is 4.79 Å². The summed E-state index contributed by atoms with van der Waals surface area (Å²) in [4.78, 5) is 10.3. The number of allylic oxidation sites excluding steroid dienone is 4. The highest BCUT2D eigenvalue weighted by atomic mass is 16.4. The van der Waals surface area contributed by atoms with Gasteiger partial charge in [-0.05, 0) is 38.5 Å². The first-order valence-electron chi connectivity index (χ1n) is 9.43. The van der Waals surface area contributed by atoms with E-state index in [0.717, 1.165) is 51.4 Å². The molecule has 0 aliphatic rings. The minimum Gasteiger partial charge on any atom is -0.481 e. The van der Waals surface area contributed by atoms with Crippen molar-refractivity contribution in [3.63, 3.8) is 0 Å². The topological polar surface area (TPSA) is 37.3 Å². The van der Waals surface area contributed by atoms with Gasteiger partial charge in [0, 0.05) is 10.5 Å². The van der Waals surface area contributed by atoms with Gasteiger partial charge in [0.1, 0.15) is 0 Å². The van der Waals surface area contributed by atoms with Crippen LogP contribution in [0.1, 0.15) is 88.0 Å². The van der Waals surface area contributed by atoms with Gasteiger partial charge < -0.3 is 5.11 Å². The Morgan fingerprint density at radius 1 is 0.900 bits per heavy atom. The molecule has 0 rings (SSSR count). The monoisotopic (exact) mass is 283 g/mol. The Morgan fingerprint density at radius 2 is 1.50 bits per heavy atom. The zero-order valence-electron chi connectivity index (χ0n) is 15.7. The Balaban J connectivity index is 3.28. The van der Waals surface area contributed by atoms with Crippen LogP contribution in [0.2, 0.25) is 0 Å². The van der Waals surface area contributed by atoms with Crippen LogP contribution in [0.25, 0.3) is 0 Å². The number of unbranched alkanes of at least 4 members (excludes halogenated alkanes) is 7. The van der Waals surface area contributed by atoms with Gasteiger partial charge in [0.15, 0.2) is 0 Å². The maximum absolute atomic E-state index is 10.3. The minimum absolute atomic E-state index is 0.294. The molecule has 20 heavy (non-hydrogen) atoms. The Hall–Kier alpha value is -1.05. The van der Waals surface area contributed by atoms with Crippen LogP contribution in [0, 0.1) is 0 Å². The lowest BCUT2D eigenvalue weighted by molar-refractivity contribution is -0.137. The van der Waals surface area contributed by atoms with Crippen LogP contribution in [0.3, 0.4) is 0 Å². The van der Waals surface area contributed by atoms with Crippen LogP contribution in [-0.2, 0) is 4.79 Å². The molecule has 0 bridgehead atoms. The minimum atomic E-state index is -1.78. The van der Waals surface area contributed by atoms with Crippen molar-refractivity contribution in [2.45, 2.75) is 83.9 Å². The first-order chi connectivity index (χ1) is 10.9. The lowest BCUT2D eigenvalue weighted by Crippen LogP contribution is -1.93. The summed E-state index contributed by atoms with van der Waals surface area (Å²) in [5.41, 5.74) is 0. The molecule has 2 heteroatoms. The third-order valence-electron chi connectivity index (χ3n) is 3.16. The molecule has 0 saturated heterocycles. The second-order valence-corrected chi connectivity index (χ2v) is 5.12. The molecule has 0 radical (unpaired) electrons. The van der Waals surface area contributed by atoms with Gasteiger partial charge >= 0.3 is 5.97 Å². The summed E-state index contributed by atoms with van der Waals surface area (Å²) in [6.45, 7) is -1.78. The van der Waals surface area contributed by atoms with Gasteiger partial charge in [0.2, 0.25) is 0 Å². The van der Waals surface area contributed by atoms with Gasteiger partial charge in [0.25, 0.3) is 0 Å². The molecule has 0 fully saturated rings. The molecule has 1 N–H and O–H groups in total. The smallest absolute Gasteiger partial charge is 0.303 e. The molecule has 0 aromatic heterocycles. The van der Waals surface area contributed by atoms with Crippen molar-refractivity contribution < 1.29 is 14.0 Å². The van der Waals surface area contributed by atoms with E-state index in [9.17, 15) is 4.79 Å². The molecular weight excluding hydrogens is 248 g/mol. The van der Waals surface area contributed by atoms with E-state index in [1.54, 1.807) is 0 Å². The summed E-state index contributed by atoms with van der Waals surface area (Å²) in [6, 6.07) is 0. The fourth-order valence-electron chi connectivity index (χ4n) is 1.96. The van der Waals surface area contributed by atoms with Gasteiger partial charge in [0.05, 0.1) is 0 Å². The number of rotatable bonds is 14. The standard InChI is InChI=1S/C18H32O2/c1-2-3-4-5-6-7-8-9-10-11-12-13-14-15-16-17-18(19)20/h6-7,9-10H,2-5,8,11-17H2,1H3,(H,19,20)/b7-6-,10-9-/i1D3. The van der Waals surface area contributed by atoms with Gasteiger partial charge in [-0.2, -0.15) is 0 Å². The molecule has 0 aliphatic carbocycles. The molecular formula is C18H32O2. The van der Waals surface area contributed by atoms with Crippen LogP contribution in [0.15, 0.2) is 24.3 Å². The van der Waals surface area contributed by atoms with Crippen molar-refractivity contribution in [2.24, 2.45) is 0 Å². The number of carboxylic acid groups (broad SMARTS) is 1. The molecule has 0 atom stereocenters. The SMILES string of the molecule is [2H]C([2H])([2H])CCCC/C=C\C/C=C\CCCCCCCC(=O)O. The molecule has 0 aliphatic heterocycles. The second kappa shape index (κ2) is 16.0. The van der Waals surface area contributed by atoms with E-state index < -0.39 is 12.8 Å². The van der Waals surface area contributed by atoms with E-state index in [0.29, 0.717) is 12.8 Å². The average Bonchev–Trinajstić information content (AvgIpc) is 2.45. The van der Waals surface area contributed by atoms with E-state index in [-0.39, 0.29) is 0 Å². The number of aliphatic carboxylic acids is 1. The Bertz CT molecular complexity index is 347. The van der Waals surface area contributed by atoms with Gasteiger partial charge in [-0.1, -0.05) is 63.3 Å². The molecule has 0 amide bonds.